The van der Waals surface area contributed by atoms with E-state index < -0.39 is 16.1 Å². The Morgan fingerprint density at radius 2 is 1.67 bits per heavy atom. The average Bonchev–Trinajstić information content (AvgIpc) is 2.66. The number of hydrogen-bond acceptors (Lipinski definition) is 4. The van der Waals surface area contributed by atoms with Crippen molar-refractivity contribution in [2.75, 3.05) is 24.2 Å². The summed E-state index contributed by atoms with van der Waals surface area (Å²) < 4.78 is 30.8. The van der Waals surface area contributed by atoms with Crippen LogP contribution in [-0.4, -0.2) is 40.3 Å². The Balaban J connectivity index is 2.12. The molecule has 7 heteroatoms. The fourth-order valence-electron chi connectivity index (χ4n) is 2.84. The first-order valence-corrected chi connectivity index (χ1v) is 10.5. The van der Waals surface area contributed by atoms with Crippen LogP contribution in [0.4, 0.5) is 5.69 Å². The van der Waals surface area contributed by atoms with Crippen LogP contribution in [0.5, 0.6) is 5.75 Å². The van der Waals surface area contributed by atoms with Gasteiger partial charge < -0.3 is 10.1 Å². The number of anilines is 1. The van der Waals surface area contributed by atoms with Gasteiger partial charge in [-0.3, -0.25) is 9.10 Å². The summed E-state index contributed by atoms with van der Waals surface area (Å²) in [5, 5.41) is 2.86. The largest absolute Gasteiger partial charge is 0.497 e. The molecule has 0 fully saturated rings. The Morgan fingerprint density at radius 1 is 1.07 bits per heavy atom. The lowest BCUT2D eigenvalue weighted by atomic mass is 10.0. The monoisotopic (exact) mass is 390 g/mol. The third-order valence-electron chi connectivity index (χ3n) is 4.37. The molecule has 0 radical (unpaired) electrons. The number of hydrogen-bond donors (Lipinski definition) is 1. The summed E-state index contributed by atoms with van der Waals surface area (Å²) in [6.45, 7) is 4.01. The molecule has 0 heterocycles. The van der Waals surface area contributed by atoms with Crippen LogP contribution in [-0.2, 0) is 14.8 Å². The fraction of sp³-hybridized carbons (Fsp3) is 0.350. The van der Waals surface area contributed by atoms with Gasteiger partial charge in [0, 0.05) is 6.54 Å². The van der Waals surface area contributed by atoms with E-state index in [4.69, 9.17) is 4.74 Å². The average molecular weight is 391 g/mol. The number of sulfonamides is 1. The van der Waals surface area contributed by atoms with Gasteiger partial charge in [-0.1, -0.05) is 37.3 Å². The second kappa shape index (κ2) is 8.90. The van der Waals surface area contributed by atoms with Gasteiger partial charge in [-0.2, -0.15) is 0 Å². The molecule has 0 aromatic heterocycles. The van der Waals surface area contributed by atoms with Crippen LogP contribution < -0.4 is 14.4 Å². The van der Waals surface area contributed by atoms with Crippen molar-refractivity contribution in [1.82, 2.24) is 5.32 Å². The molecule has 0 saturated carbocycles. The first-order valence-electron chi connectivity index (χ1n) is 8.70. The molecule has 0 aliphatic heterocycles. The molecule has 6 nitrogen and oxygen atoms in total. The highest BCUT2D eigenvalue weighted by Crippen LogP contribution is 2.24. The molecule has 0 saturated heterocycles. The topological polar surface area (TPSA) is 75.7 Å². The number of nitrogens with zero attached hydrogens (tertiary/aromatic N) is 1. The summed E-state index contributed by atoms with van der Waals surface area (Å²) >= 11 is 0. The highest BCUT2D eigenvalue weighted by Gasteiger charge is 2.29. The maximum absolute atomic E-state index is 12.6. The van der Waals surface area contributed by atoms with Crippen molar-refractivity contribution in [2.45, 2.75) is 25.8 Å². The molecule has 27 heavy (non-hydrogen) atoms. The summed E-state index contributed by atoms with van der Waals surface area (Å²) in [5.74, 6) is 0.384. The highest BCUT2D eigenvalue weighted by molar-refractivity contribution is 7.92. The van der Waals surface area contributed by atoms with Crippen LogP contribution in [0.2, 0.25) is 0 Å². The lowest BCUT2D eigenvalue weighted by Crippen LogP contribution is -2.48. The Morgan fingerprint density at radius 3 is 2.19 bits per heavy atom. The molecule has 0 aliphatic carbocycles. The number of nitrogens with one attached hydrogen (secondary N) is 1. The minimum atomic E-state index is -3.64. The molecule has 2 aromatic rings. The molecular formula is C20H26N2O4S. The quantitative estimate of drug-likeness (QED) is 0.752. The summed E-state index contributed by atoms with van der Waals surface area (Å²) in [4.78, 5) is 12.6. The van der Waals surface area contributed by atoms with E-state index in [1.54, 1.807) is 31.2 Å². The van der Waals surface area contributed by atoms with E-state index in [0.717, 1.165) is 16.1 Å². The number of rotatable bonds is 8. The summed E-state index contributed by atoms with van der Waals surface area (Å²) in [6.07, 6.45) is 1.09. The van der Waals surface area contributed by atoms with E-state index in [0.29, 0.717) is 18.0 Å². The van der Waals surface area contributed by atoms with Gasteiger partial charge in [-0.05, 0) is 42.7 Å². The third kappa shape index (κ3) is 5.47. The number of methoxy groups -OCH3 is 1. The van der Waals surface area contributed by atoms with Gasteiger partial charge in [0.05, 0.1) is 19.1 Å². The molecule has 2 aromatic carbocycles. The van der Waals surface area contributed by atoms with E-state index in [-0.39, 0.29) is 11.8 Å². The van der Waals surface area contributed by atoms with Crippen molar-refractivity contribution in [2.24, 2.45) is 0 Å². The first kappa shape index (κ1) is 20.8. The van der Waals surface area contributed by atoms with Gasteiger partial charge >= 0.3 is 0 Å². The second-order valence-electron chi connectivity index (χ2n) is 6.49. The van der Waals surface area contributed by atoms with Crippen molar-refractivity contribution in [3.63, 3.8) is 0 Å². The van der Waals surface area contributed by atoms with Crippen LogP contribution in [0.1, 0.15) is 25.3 Å². The molecule has 1 N–H and O–H groups in total. The third-order valence-corrected chi connectivity index (χ3v) is 5.61. The van der Waals surface area contributed by atoms with Gasteiger partial charge in [0.1, 0.15) is 11.8 Å². The van der Waals surface area contributed by atoms with Crippen LogP contribution in [0.25, 0.3) is 0 Å². The van der Waals surface area contributed by atoms with Crippen LogP contribution >= 0.6 is 0 Å². The van der Waals surface area contributed by atoms with E-state index in [1.165, 1.54) is 7.11 Å². The summed E-state index contributed by atoms with van der Waals surface area (Å²) in [5.41, 5.74) is 1.53. The van der Waals surface area contributed by atoms with E-state index in [1.807, 2.05) is 37.3 Å². The highest BCUT2D eigenvalue weighted by atomic mass is 32.2. The normalized spacial score (nSPS) is 13.5. The number of carbonyl (C=O) groups excluding carboxylic acids is 1. The Kier molecular flexibility index (Phi) is 6.85. The zero-order chi connectivity index (χ0) is 20.0. The molecule has 0 spiro atoms. The Bertz CT molecular complexity index is 851. The van der Waals surface area contributed by atoms with Crippen LogP contribution in [0, 0.1) is 0 Å². The van der Waals surface area contributed by atoms with E-state index >= 15 is 0 Å². The van der Waals surface area contributed by atoms with Crippen LogP contribution in [0.3, 0.4) is 0 Å². The molecule has 0 unspecified atom stereocenters. The molecule has 146 valence electrons. The maximum Gasteiger partial charge on any atom is 0.243 e. The SMILES string of the molecule is COc1ccc(N([C@H](C)C(=O)NC[C@H](C)c2ccccc2)S(C)(=O)=O)cc1. The Labute approximate surface area is 161 Å². The zero-order valence-electron chi connectivity index (χ0n) is 16.0. The Hall–Kier alpha value is -2.54. The standard InChI is InChI=1S/C20H26N2O4S/c1-15(17-8-6-5-7-9-17)14-21-20(23)16(2)22(27(4,24)25)18-10-12-19(26-3)13-11-18/h5-13,15-16H,14H2,1-4H3,(H,21,23)/t15-,16+/m0/s1. The smallest absolute Gasteiger partial charge is 0.243 e. The maximum atomic E-state index is 12.6. The zero-order valence-corrected chi connectivity index (χ0v) is 16.9. The fourth-order valence-corrected chi connectivity index (χ4v) is 4.01. The van der Waals surface area contributed by atoms with Gasteiger partial charge in [-0.15, -0.1) is 0 Å². The molecule has 2 rings (SSSR count). The van der Waals surface area contributed by atoms with E-state index in [9.17, 15) is 13.2 Å². The minimum absolute atomic E-state index is 0.120. The van der Waals surface area contributed by atoms with Gasteiger partial charge in [-0.25, -0.2) is 8.42 Å². The summed E-state index contributed by atoms with van der Waals surface area (Å²) in [7, 11) is -2.11. The second-order valence-corrected chi connectivity index (χ2v) is 8.35. The van der Waals surface area contributed by atoms with Crippen molar-refractivity contribution < 1.29 is 17.9 Å². The summed E-state index contributed by atoms with van der Waals surface area (Å²) in [6, 6.07) is 15.5. The molecule has 0 bridgehead atoms. The van der Waals surface area contributed by atoms with Gasteiger partial charge in [0.25, 0.3) is 0 Å². The molecule has 2 atom stereocenters. The number of ether oxygens (including phenoxy) is 1. The van der Waals surface area contributed by atoms with Gasteiger partial charge in [0.15, 0.2) is 0 Å². The van der Waals surface area contributed by atoms with Crippen molar-refractivity contribution in [3.05, 3.63) is 60.2 Å². The molecule has 1 amide bonds. The number of benzene rings is 2. The number of carbonyl (C=O) groups is 1. The van der Waals surface area contributed by atoms with Crippen molar-refractivity contribution in [1.29, 1.82) is 0 Å². The predicted octanol–water partition coefficient (Wildman–Crippen LogP) is 2.77. The molecule has 0 aliphatic rings. The van der Waals surface area contributed by atoms with Crippen LogP contribution in [0.15, 0.2) is 54.6 Å². The predicted molar refractivity (Wildman–Crippen MR) is 108 cm³/mol. The molecular weight excluding hydrogens is 364 g/mol. The van der Waals surface area contributed by atoms with Crippen molar-refractivity contribution >= 4 is 21.6 Å². The van der Waals surface area contributed by atoms with Crippen molar-refractivity contribution in [3.8, 4) is 5.75 Å². The number of amides is 1. The van der Waals surface area contributed by atoms with E-state index in [2.05, 4.69) is 5.32 Å². The minimum Gasteiger partial charge on any atom is -0.497 e. The van der Waals surface area contributed by atoms with Gasteiger partial charge in [0.2, 0.25) is 15.9 Å². The lowest BCUT2D eigenvalue weighted by molar-refractivity contribution is -0.121. The lowest BCUT2D eigenvalue weighted by Gasteiger charge is -2.28. The first-order chi connectivity index (χ1) is 12.7.